The van der Waals surface area contributed by atoms with Gasteiger partial charge in [0.1, 0.15) is 0 Å². The van der Waals surface area contributed by atoms with Crippen molar-refractivity contribution in [3.05, 3.63) is 35.9 Å². The van der Waals surface area contributed by atoms with Gasteiger partial charge in [-0.25, -0.2) is 4.90 Å². The summed E-state index contributed by atoms with van der Waals surface area (Å²) in [4.78, 5) is 2.09. The quantitative estimate of drug-likeness (QED) is 0.847. The van der Waals surface area contributed by atoms with Crippen molar-refractivity contribution in [3.63, 3.8) is 0 Å². The largest absolute Gasteiger partial charge is 0.376 e. The van der Waals surface area contributed by atoms with Crippen LogP contribution in [-0.4, -0.2) is 41.7 Å². The number of hydrogen-bond donors (Lipinski definition) is 1. The van der Waals surface area contributed by atoms with Gasteiger partial charge >= 0.3 is 0 Å². The minimum atomic E-state index is -0.812. The molecule has 4 unspecified atom stereocenters. The molecule has 0 radical (unpaired) electrons. The zero-order valence-electron chi connectivity index (χ0n) is 11.5. The fraction of sp³-hybridized carbons (Fsp3) is 0.625. The lowest BCUT2D eigenvalue weighted by atomic mass is 9.60. The van der Waals surface area contributed by atoms with Gasteiger partial charge in [-0.2, -0.15) is 0 Å². The predicted molar refractivity (Wildman–Crippen MR) is 73.7 cm³/mol. The third-order valence-corrected chi connectivity index (χ3v) is 5.09. The van der Waals surface area contributed by atoms with Crippen LogP contribution in [0, 0.1) is 11.8 Å². The van der Waals surface area contributed by atoms with Gasteiger partial charge in [-0.1, -0.05) is 30.3 Å². The van der Waals surface area contributed by atoms with Gasteiger partial charge in [-0.15, -0.1) is 0 Å². The van der Waals surface area contributed by atoms with Crippen LogP contribution in [0.3, 0.4) is 0 Å². The van der Waals surface area contributed by atoms with E-state index in [9.17, 15) is 5.11 Å². The van der Waals surface area contributed by atoms with Gasteiger partial charge in [-0.3, -0.25) is 0 Å². The summed E-state index contributed by atoms with van der Waals surface area (Å²) >= 11 is 0. The molecule has 4 nitrogen and oxygen atoms in total. The lowest BCUT2D eigenvalue weighted by Crippen LogP contribution is -2.74. The van der Waals surface area contributed by atoms with Crippen LogP contribution in [0.25, 0.3) is 0 Å². The van der Waals surface area contributed by atoms with Crippen LogP contribution in [0.2, 0.25) is 0 Å². The highest BCUT2D eigenvalue weighted by molar-refractivity contribution is 5.13. The fourth-order valence-corrected chi connectivity index (χ4v) is 3.97. The van der Waals surface area contributed by atoms with Gasteiger partial charge in [0.15, 0.2) is 0 Å². The van der Waals surface area contributed by atoms with Crippen LogP contribution in [0.5, 0.6) is 0 Å². The molecule has 1 saturated carbocycles. The van der Waals surface area contributed by atoms with Crippen molar-refractivity contribution >= 4 is 0 Å². The minimum Gasteiger partial charge on any atom is -0.376 e. The Labute approximate surface area is 119 Å². The summed E-state index contributed by atoms with van der Waals surface area (Å²) < 4.78 is 11.3. The van der Waals surface area contributed by atoms with Crippen molar-refractivity contribution < 1.29 is 14.6 Å². The van der Waals surface area contributed by atoms with Crippen LogP contribution in [-0.2, 0) is 16.1 Å². The standard InChI is InChI=1S/C16H21NO3/c18-16(20-9-11-5-2-1-3-6-11)17-8-4-7-12-13-10-19-15(13)14(12)17/h1-3,5-6,12-16,18H,4,7-10H2/t12-,13?,14?,15?,16?/m0/s1. The zero-order valence-corrected chi connectivity index (χ0v) is 11.5. The molecule has 2 saturated heterocycles. The molecule has 4 heteroatoms. The van der Waals surface area contributed by atoms with E-state index in [1.54, 1.807) is 0 Å². The first-order chi connectivity index (χ1) is 9.84. The maximum Gasteiger partial charge on any atom is 0.216 e. The van der Waals surface area contributed by atoms with Crippen molar-refractivity contribution in [3.8, 4) is 0 Å². The maximum absolute atomic E-state index is 10.3. The molecule has 2 heterocycles. The van der Waals surface area contributed by atoms with Crippen LogP contribution >= 0.6 is 0 Å². The molecule has 2 aliphatic heterocycles. The highest BCUT2D eigenvalue weighted by atomic mass is 16.6. The van der Waals surface area contributed by atoms with E-state index in [2.05, 4.69) is 4.90 Å². The highest BCUT2D eigenvalue weighted by Gasteiger charge is 2.60. The summed E-state index contributed by atoms with van der Waals surface area (Å²) in [6.07, 6.45) is 1.95. The summed E-state index contributed by atoms with van der Waals surface area (Å²) in [5, 5.41) is 10.3. The van der Waals surface area contributed by atoms with Crippen LogP contribution in [0.1, 0.15) is 18.4 Å². The fourth-order valence-electron chi connectivity index (χ4n) is 3.97. The molecule has 4 rings (SSSR count). The first kappa shape index (κ1) is 12.8. The Morgan fingerprint density at radius 3 is 2.90 bits per heavy atom. The maximum atomic E-state index is 10.3. The van der Waals surface area contributed by atoms with Gasteiger partial charge in [0, 0.05) is 18.5 Å². The zero-order chi connectivity index (χ0) is 13.5. The number of likely N-dealkylation sites (tertiary alicyclic amines) is 1. The van der Waals surface area contributed by atoms with Crippen LogP contribution in [0.4, 0.5) is 0 Å². The molecule has 3 aliphatic rings. The van der Waals surface area contributed by atoms with E-state index in [0.29, 0.717) is 24.7 Å². The van der Waals surface area contributed by atoms with E-state index < -0.39 is 6.41 Å². The molecule has 0 amide bonds. The second-order valence-electron chi connectivity index (χ2n) is 6.12. The normalized spacial score (nSPS) is 37.2. The number of aliphatic hydroxyl groups excluding tert-OH is 1. The van der Waals surface area contributed by atoms with Gasteiger partial charge in [0.25, 0.3) is 0 Å². The number of aliphatic hydroxyl groups is 1. The molecule has 20 heavy (non-hydrogen) atoms. The summed E-state index contributed by atoms with van der Waals surface area (Å²) in [5.74, 6) is 1.45. The number of nitrogens with zero attached hydrogens (tertiary/aromatic N) is 1. The molecule has 1 aromatic carbocycles. The van der Waals surface area contributed by atoms with Crippen molar-refractivity contribution in [2.75, 3.05) is 13.2 Å². The number of hydrogen-bond acceptors (Lipinski definition) is 4. The number of benzene rings is 1. The van der Waals surface area contributed by atoms with E-state index in [4.69, 9.17) is 9.47 Å². The topological polar surface area (TPSA) is 41.9 Å². The molecule has 1 aliphatic carbocycles. The molecule has 0 spiro atoms. The molecule has 0 bridgehead atoms. The smallest absolute Gasteiger partial charge is 0.216 e. The van der Waals surface area contributed by atoms with Crippen LogP contribution in [0.15, 0.2) is 30.3 Å². The van der Waals surface area contributed by atoms with E-state index in [0.717, 1.165) is 31.1 Å². The molecule has 1 N–H and O–H groups in total. The Hall–Kier alpha value is -0.940. The molecule has 3 fully saturated rings. The summed E-state index contributed by atoms with van der Waals surface area (Å²) in [6, 6.07) is 10.4. The molecular weight excluding hydrogens is 254 g/mol. The number of rotatable bonds is 4. The van der Waals surface area contributed by atoms with Crippen molar-refractivity contribution in [1.82, 2.24) is 4.90 Å². The summed E-state index contributed by atoms with van der Waals surface area (Å²) in [6.45, 7) is 2.27. The monoisotopic (exact) mass is 275 g/mol. The second-order valence-corrected chi connectivity index (χ2v) is 6.12. The Kier molecular flexibility index (Phi) is 3.27. The van der Waals surface area contributed by atoms with E-state index >= 15 is 0 Å². The Bertz CT molecular complexity index is 466. The SMILES string of the molecule is OC(OCc1ccccc1)N1CCC[C@H]2C3COC3C21. The first-order valence-corrected chi connectivity index (χ1v) is 7.55. The summed E-state index contributed by atoms with van der Waals surface area (Å²) in [7, 11) is 0. The highest BCUT2D eigenvalue weighted by Crippen LogP contribution is 2.51. The first-order valence-electron chi connectivity index (χ1n) is 7.55. The van der Waals surface area contributed by atoms with Crippen molar-refractivity contribution in [2.24, 2.45) is 11.8 Å². The Morgan fingerprint density at radius 1 is 1.30 bits per heavy atom. The van der Waals surface area contributed by atoms with Gasteiger partial charge in [0.2, 0.25) is 6.41 Å². The molecule has 0 aromatic heterocycles. The lowest BCUT2D eigenvalue weighted by molar-refractivity contribution is -0.318. The predicted octanol–water partition coefficient (Wildman–Crippen LogP) is 1.59. The third kappa shape index (κ3) is 1.99. The van der Waals surface area contributed by atoms with Crippen molar-refractivity contribution in [1.29, 1.82) is 0 Å². The Balaban J connectivity index is 1.37. The van der Waals surface area contributed by atoms with Gasteiger partial charge in [0.05, 0.1) is 19.3 Å². The average molecular weight is 275 g/mol. The molecule has 1 aromatic rings. The second kappa shape index (κ2) is 5.11. The lowest BCUT2D eigenvalue weighted by Gasteiger charge is -2.64. The van der Waals surface area contributed by atoms with E-state index in [1.807, 2.05) is 30.3 Å². The van der Waals surface area contributed by atoms with Gasteiger partial charge in [-0.05, 0) is 24.3 Å². The number of ether oxygens (including phenoxy) is 2. The summed E-state index contributed by atoms with van der Waals surface area (Å²) in [5.41, 5.74) is 1.09. The van der Waals surface area contributed by atoms with E-state index in [1.165, 1.54) is 6.42 Å². The third-order valence-electron chi connectivity index (χ3n) is 5.09. The number of fused-ring (bicyclic) bond motifs is 4. The number of piperidine rings is 1. The molecule has 108 valence electrons. The molecule has 5 atom stereocenters. The van der Waals surface area contributed by atoms with E-state index in [-0.39, 0.29) is 0 Å². The Morgan fingerprint density at radius 2 is 2.15 bits per heavy atom. The average Bonchev–Trinajstić information content (AvgIpc) is 2.46. The van der Waals surface area contributed by atoms with Crippen molar-refractivity contribution in [2.45, 2.75) is 38.0 Å². The molecular formula is C16H21NO3. The van der Waals surface area contributed by atoms with Gasteiger partial charge < -0.3 is 14.6 Å². The van der Waals surface area contributed by atoms with Crippen LogP contribution < -0.4 is 0 Å². The minimum absolute atomic E-state index is 0.343.